The number of amides is 2. The smallest absolute Gasteiger partial charge is 0.261 e. The molecule has 3 heterocycles. The van der Waals surface area contributed by atoms with Crippen LogP contribution in [0.3, 0.4) is 0 Å². The van der Waals surface area contributed by atoms with Crippen molar-refractivity contribution in [2.75, 3.05) is 56.7 Å². The van der Waals surface area contributed by atoms with E-state index in [0.29, 0.717) is 12.4 Å². The first-order valence-electron chi connectivity index (χ1n) is 11.6. The number of ether oxygens (including phenoxy) is 1. The van der Waals surface area contributed by atoms with Gasteiger partial charge in [0.2, 0.25) is 5.91 Å². The summed E-state index contributed by atoms with van der Waals surface area (Å²) in [6.45, 7) is 3.68. The first kappa shape index (κ1) is 23.5. The van der Waals surface area contributed by atoms with Gasteiger partial charge in [-0.2, -0.15) is 4.99 Å². The molecule has 0 radical (unpaired) electrons. The molecule has 9 heteroatoms. The molecule has 0 bridgehead atoms. The number of morpholine rings is 1. The quantitative estimate of drug-likeness (QED) is 0.643. The number of carbonyl (C=O) groups is 2. The van der Waals surface area contributed by atoms with Crippen LogP contribution in [0, 0.1) is 5.92 Å². The van der Waals surface area contributed by atoms with Crippen molar-refractivity contribution in [2.24, 2.45) is 15.9 Å². The van der Waals surface area contributed by atoms with Crippen molar-refractivity contribution in [1.82, 2.24) is 4.90 Å². The van der Waals surface area contributed by atoms with Crippen LogP contribution in [0.1, 0.15) is 5.56 Å². The van der Waals surface area contributed by atoms with E-state index in [1.54, 1.807) is 4.90 Å². The zero-order chi connectivity index (χ0) is 24.2. The largest absolute Gasteiger partial charge is 0.378 e. The number of amidine groups is 1. The number of fused-ring (bicyclic) bond motifs is 1. The standard InChI is InChI=1S/C26H27N5O3S/c1-30(16-23(32)27-19-7-9-20(10-8-19)31-11-13-34-14-12-31)15-22-28-25(33)24-21(17-35-26(24)29-22)18-5-3-2-4-6-18/h2-10,17,24H,11-16H2,1H3,(H,27,32). The van der Waals surface area contributed by atoms with Gasteiger partial charge in [-0.05, 0) is 47.9 Å². The lowest BCUT2D eigenvalue weighted by Gasteiger charge is -2.28. The Labute approximate surface area is 208 Å². The summed E-state index contributed by atoms with van der Waals surface area (Å²) < 4.78 is 5.40. The van der Waals surface area contributed by atoms with Crippen LogP contribution in [-0.4, -0.2) is 74.0 Å². The van der Waals surface area contributed by atoms with E-state index in [2.05, 4.69) is 20.2 Å². The molecule has 8 nitrogen and oxygen atoms in total. The van der Waals surface area contributed by atoms with Crippen molar-refractivity contribution in [3.05, 3.63) is 65.6 Å². The highest BCUT2D eigenvalue weighted by atomic mass is 32.2. The number of carbonyl (C=O) groups excluding carboxylic acids is 2. The molecule has 2 aromatic rings. The molecule has 1 saturated heterocycles. The lowest BCUT2D eigenvalue weighted by atomic mass is 9.93. The van der Waals surface area contributed by atoms with Gasteiger partial charge in [0.05, 0.1) is 31.3 Å². The number of hydrogen-bond acceptors (Lipinski definition) is 7. The Hall–Kier alpha value is -3.27. The SMILES string of the molecule is CN(CC(=O)Nc1ccc(N2CCOCC2)cc1)CC1=NC(=O)C2C(c3ccccc3)=CSC2=N1. The predicted molar refractivity (Wildman–Crippen MR) is 141 cm³/mol. The fraction of sp³-hybridized carbons (Fsp3) is 0.308. The predicted octanol–water partition coefficient (Wildman–Crippen LogP) is 3.13. The third-order valence-corrected chi connectivity index (χ3v) is 6.99. The molecule has 2 amide bonds. The van der Waals surface area contributed by atoms with Crippen molar-refractivity contribution >= 4 is 51.4 Å². The molecular formula is C26H27N5O3S. The average Bonchev–Trinajstić information content (AvgIpc) is 3.30. The van der Waals surface area contributed by atoms with E-state index in [4.69, 9.17) is 4.74 Å². The summed E-state index contributed by atoms with van der Waals surface area (Å²) in [5, 5.41) is 5.66. The molecule has 1 N–H and O–H groups in total. The second-order valence-corrected chi connectivity index (χ2v) is 9.56. The summed E-state index contributed by atoms with van der Waals surface area (Å²) in [6, 6.07) is 17.7. The van der Waals surface area contributed by atoms with Crippen LogP contribution < -0.4 is 10.2 Å². The van der Waals surface area contributed by atoms with Gasteiger partial charge in [0.15, 0.2) is 0 Å². The Morgan fingerprint density at radius 2 is 1.86 bits per heavy atom. The molecule has 0 saturated carbocycles. The first-order valence-corrected chi connectivity index (χ1v) is 12.5. The first-order chi connectivity index (χ1) is 17.1. The van der Waals surface area contributed by atoms with E-state index in [1.165, 1.54) is 11.8 Å². The van der Waals surface area contributed by atoms with Gasteiger partial charge in [-0.3, -0.25) is 14.5 Å². The Morgan fingerprint density at radius 3 is 2.60 bits per heavy atom. The van der Waals surface area contributed by atoms with Gasteiger partial charge >= 0.3 is 0 Å². The van der Waals surface area contributed by atoms with Gasteiger partial charge in [-0.1, -0.05) is 42.1 Å². The number of thioether (sulfide) groups is 1. The molecule has 3 aliphatic heterocycles. The number of benzene rings is 2. The van der Waals surface area contributed by atoms with Crippen LogP contribution in [0.5, 0.6) is 0 Å². The Bertz CT molecular complexity index is 1190. The molecule has 5 rings (SSSR count). The minimum absolute atomic E-state index is 0.136. The summed E-state index contributed by atoms with van der Waals surface area (Å²) in [7, 11) is 1.82. The van der Waals surface area contributed by atoms with Crippen molar-refractivity contribution in [2.45, 2.75) is 0 Å². The zero-order valence-electron chi connectivity index (χ0n) is 19.5. The summed E-state index contributed by atoms with van der Waals surface area (Å²) in [6.07, 6.45) is 0. The lowest BCUT2D eigenvalue weighted by Crippen LogP contribution is -2.36. The number of likely N-dealkylation sites (N-methyl/N-ethyl adjacent to an activating group) is 1. The van der Waals surface area contributed by atoms with Gasteiger partial charge in [-0.25, -0.2) is 4.99 Å². The molecule has 2 aromatic carbocycles. The highest BCUT2D eigenvalue weighted by Crippen LogP contribution is 2.40. The molecule has 3 aliphatic rings. The van der Waals surface area contributed by atoms with E-state index in [0.717, 1.165) is 53.9 Å². The number of anilines is 2. The highest BCUT2D eigenvalue weighted by Gasteiger charge is 2.37. The molecule has 0 spiro atoms. The van der Waals surface area contributed by atoms with Crippen LogP contribution in [0.2, 0.25) is 0 Å². The maximum absolute atomic E-state index is 12.8. The number of hydrogen-bond donors (Lipinski definition) is 1. The molecule has 1 atom stereocenters. The normalized spacial score (nSPS) is 19.7. The zero-order valence-corrected chi connectivity index (χ0v) is 20.3. The fourth-order valence-corrected chi connectivity index (χ4v) is 5.36. The second-order valence-electron chi connectivity index (χ2n) is 8.67. The average molecular weight is 490 g/mol. The van der Waals surface area contributed by atoms with Crippen molar-refractivity contribution < 1.29 is 14.3 Å². The maximum Gasteiger partial charge on any atom is 0.261 e. The summed E-state index contributed by atoms with van der Waals surface area (Å²) in [5.74, 6) is -0.340. The molecule has 180 valence electrons. The van der Waals surface area contributed by atoms with E-state index < -0.39 is 5.92 Å². The van der Waals surface area contributed by atoms with Crippen molar-refractivity contribution in [3.8, 4) is 0 Å². The number of nitrogens with one attached hydrogen (secondary N) is 1. The van der Waals surface area contributed by atoms with Crippen molar-refractivity contribution in [1.29, 1.82) is 0 Å². The van der Waals surface area contributed by atoms with Crippen LogP contribution in [-0.2, 0) is 14.3 Å². The molecule has 1 fully saturated rings. The highest BCUT2D eigenvalue weighted by molar-refractivity contribution is 8.17. The molecule has 1 unspecified atom stereocenters. The summed E-state index contributed by atoms with van der Waals surface area (Å²) >= 11 is 1.47. The van der Waals surface area contributed by atoms with E-state index in [1.807, 2.05) is 67.1 Å². The van der Waals surface area contributed by atoms with Crippen LogP contribution in [0.25, 0.3) is 5.57 Å². The third kappa shape index (κ3) is 5.53. The molecule has 0 aliphatic carbocycles. The summed E-state index contributed by atoms with van der Waals surface area (Å²) in [4.78, 5) is 38.3. The second kappa shape index (κ2) is 10.6. The minimum atomic E-state index is -0.430. The van der Waals surface area contributed by atoms with E-state index in [-0.39, 0.29) is 18.4 Å². The Kier molecular flexibility index (Phi) is 7.08. The third-order valence-electron chi connectivity index (χ3n) is 6.05. The number of aliphatic imine (C=N–C) groups is 2. The van der Waals surface area contributed by atoms with Crippen molar-refractivity contribution in [3.63, 3.8) is 0 Å². The summed E-state index contributed by atoms with van der Waals surface area (Å²) in [5.41, 5.74) is 3.81. The van der Waals surface area contributed by atoms with Crippen LogP contribution >= 0.6 is 11.8 Å². The van der Waals surface area contributed by atoms with E-state index >= 15 is 0 Å². The fourth-order valence-electron chi connectivity index (χ4n) is 4.32. The van der Waals surface area contributed by atoms with Crippen LogP contribution in [0.4, 0.5) is 11.4 Å². The number of rotatable bonds is 7. The molecule has 35 heavy (non-hydrogen) atoms. The van der Waals surface area contributed by atoms with Gasteiger partial charge in [-0.15, -0.1) is 0 Å². The molecular weight excluding hydrogens is 462 g/mol. The van der Waals surface area contributed by atoms with Gasteiger partial charge in [0.1, 0.15) is 11.8 Å². The maximum atomic E-state index is 12.8. The lowest BCUT2D eigenvalue weighted by molar-refractivity contribution is -0.118. The van der Waals surface area contributed by atoms with Gasteiger partial charge in [0, 0.05) is 24.5 Å². The van der Waals surface area contributed by atoms with Gasteiger partial charge in [0.25, 0.3) is 5.91 Å². The van der Waals surface area contributed by atoms with E-state index in [9.17, 15) is 9.59 Å². The van der Waals surface area contributed by atoms with Crippen LogP contribution in [0.15, 0.2) is 70.0 Å². The molecule has 0 aromatic heterocycles. The van der Waals surface area contributed by atoms with Gasteiger partial charge < -0.3 is 15.0 Å². The topological polar surface area (TPSA) is 86.6 Å². The minimum Gasteiger partial charge on any atom is -0.378 e. The Balaban J connectivity index is 1.14. The monoisotopic (exact) mass is 489 g/mol. The number of nitrogens with zero attached hydrogens (tertiary/aromatic N) is 4. The Morgan fingerprint density at radius 1 is 1.11 bits per heavy atom.